The zero-order chi connectivity index (χ0) is 19.5. The summed E-state index contributed by atoms with van der Waals surface area (Å²) in [5.41, 5.74) is 3.91. The van der Waals surface area contributed by atoms with Crippen LogP contribution >= 0.6 is 11.3 Å². The van der Waals surface area contributed by atoms with Crippen molar-refractivity contribution in [2.24, 2.45) is 0 Å². The van der Waals surface area contributed by atoms with Crippen molar-refractivity contribution >= 4 is 34.2 Å². The highest BCUT2D eigenvalue weighted by atomic mass is 32.1. The van der Waals surface area contributed by atoms with Gasteiger partial charge >= 0.3 is 0 Å². The molecule has 0 saturated carbocycles. The number of amides is 1. The molecular formula is C21H18N4O2S. The Kier molecular flexibility index (Phi) is 4.90. The van der Waals surface area contributed by atoms with E-state index in [0.717, 1.165) is 22.6 Å². The second-order valence-corrected chi connectivity index (χ2v) is 7.02. The number of para-hydroxylation sites is 1. The maximum atomic E-state index is 12.2. The van der Waals surface area contributed by atoms with Gasteiger partial charge in [0.05, 0.1) is 12.8 Å². The monoisotopic (exact) mass is 390 g/mol. The SMILES string of the molecule is COc1ccccc1-c1csc2nc(NC(=O)/C=C/c3ccc(C)cc3)nn12. The topological polar surface area (TPSA) is 68.5 Å². The summed E-state index contributed by atoms with van der Waals surface area (Å²) in [5.74, 6) is 0.739. The van der Waals surface area contributed by atoms with Gasteiger partial charge in [0.15, 0.2) is 0 Å². The number of aromatic nitrogens is 3. The molecule has 140 valence electrons. The molecule has 4 aromatic rings. The van der Waals surface area contributed by atoms with Gasteiger partial charge in [-0.25, -0.2) is 4.52 Å². The van der Waals surface area contributed by atoms with Crippen LogP contribution in [-0.2, 0) is 4.79 Å². The fourth-order valence-corrected chi connectivity index (χ4v) is 3.60. The number of nitrogens with zero attached hydrogens (tertiary/aromatic N) is 3. The Balaban J connectivity index is 1.55. The van der Waals surface area contributed by atoms with E-state index in [9.17, 15) is 4.79 Å². The van der Waals surface area contributed by atoms with Gasteiger partial charge in [-0.05, 0) is 30.7 Å². The number of aryl methyl sites for hydroxylation is 1. The van der Waals surface area contributed by atoms with E-state index in [1.54, 1.807) is 17.7 Å². The molecule has 0 unspecified atom stereocenters. The quantitative estimate of drug-likeness (QED) is 0.512. The maximum absolute atomic E-state index is 12.2. The molecule has 2 heterocycles. The van der Waals surface area contributed by atoms with Gasteiger partial charge in [-0.15, -0.1) is 16.4 Å². The number of anilines is 1. The smallest absolute Gasteiger partial charge is 0.250 e. The average Bonchev–Trinajstić information content (AvgIpc) is 3.27. The lowest BCUT2D eigenvalue weighted by Crippen LogP contribution is -2.09. The van der Waals surface area contributed by atoms with Gasteiger partial charge in [0.2, 0.25) is 4.96 Å². The molecule has 1 N–H and O–H groups in total. The molecule has 0 aliphatic heterocycles. The first-order chi connectivity index (χ1) is 13.6. The summed E-state index contributed by atoms with van der Waals surface area (Å²) in [6.45, 7) is 2.02. The Labute approximate surface area is 166 Å². The molecule has 0 aliphatic carbocycles. The minimum absolute atomic E-state index is 0.265. The molecular weight excluding hydrogens is 372 g/mol. The number of ether oxygens (including phenoxy) is 1. The molecule has 1 amide bonds. The van der Waals surface area contributed by atoms with E-state index >= 15 is 0 Å². The van der Waals surface area contributed by atoms with Gasteiger partial charge in [-0.1, -0.05) is 42.0 Å². The van der Waals surface area contributed by atoms with Crippen LogP contribution in [0.2, 0.25) is 0 Å². The molecule has 4 rings (SSSR count). The predicted molar refractivity (Wildman–Crippen MR) is 112 cm³/mol. The number of hydrogen-bond acceptors (Lipinski definition) is 5. The minimum Gasteiger partial charge on any atom is -0.496 e. The highest BCUT2D eigenvalue weighted by molar-refractivity contribution is 7.15. The summed E-state index contributed by atoms with van der Waals surface area (Å²) in [6, 6.07) is 15.6. The van der Waals surface area contributed by atoms with Crippen molar-refractivity contribution in [2.75, 3.05) is 12.4 Å². The zero-order valence-corrected chi connectivity index (χ0v) is 16.2. The van der Waals surface area contributed by atoms with Crippen LogP contribution in [0.1, 0.15) is 11.1 Å². The Hall–Kier alpha value is -3.45. The Morgan fingerprint density at radius 2 is 1.96 bits per heavy atom. The summed E-state index contributed by atoms with van der Waals surface area (Å²) >= 11 is 1.45. The van der Waals surface area contributed by atoms with Crippen molar-refractivity contribution in [3.63, 3.8) is 0 Å². The third-order valence-electron chi connectivity index (χ3n) is 4.20. The fourth-order valence-electron chi connectivity index (χ4n) is 2.78. The summed E-state index contributed by atoms with van der Waals surface area (Å²) in [4.78, 5) is 17.3. The fraction of sp³-hybridized carbons (Fsp3) is 0.0952. The molecule has 0 bridgehead atoms. The first kappa shape index (κ1) is 17.9. The number of hydrogen-bond donors (Lipinski definition) is 1. The zero-order valence-electron chi connectivity index (χ0n) is 15.4. The van der Waals surface area contributed by atoms with Gasteiger partial charge < -0.3 is 4.74 Å². The molecule has 7 heteroatoms. The highest BCUT2D eigenvalue weighted by Gasteiger charge is 2.15. The molecule has 0 fully saturated rings. The Morgan fingerprint density at radius 1 is 1.18 bits per heavy atom. The van der Waals surface area contributed by atoms with Crippen LogP contribution in [0.25, 0.3) is 22.3 Å². The first-order valence-electron chi connectivity index (χ1n) is 8.67. The van der Waals surface area contributed by atoms with E-state index < -0.39 is 0 Å². The van der Waals surface area contributed by atoms with Crippen molar-refractivity contribution in [3.8, 4) is 17.0 Å². The second kappa shape index (κ2) is 7.66. The van der Waals surface area contributed by atoms with Crippen LogP contribution in [0.4, 0.5) is 5.95 Å². The van der Waals surface area contributed by atoms with Gasteiger partial charge in [-0.3, -0.25) is 10.1 Å². The summed E-state index contributed by atoms with van der Waals surface area (Å²) in [7, 11) is 1.63. The van der Waals surface area contributed by atoms with Crippen molar-refractivity contribution in [1.29, 1.82) is 0 Å². The van der Waals surface area contributed by atoms with Crippen LogP contribution in [0, 0.1) is 6.92 Å². The van der Waals surface area contributed by atoms with E-state index in [2.05, 4.69) is 15.4 Å². The molecule has 2 aromatic heterocycles. The molecule has 0 saturated heterocycles. The molecule has 0 aliphatic rings. The molecule has 6 nitrogen and oxygen atoms in total. The number of carbonyl (C=O) groups is 1. The molecule has 28 heavy (non-hydrogen) atoms. The van der Waals surface area contributed by atoms with Crippen molar-refractivity contribution < 1.29 is 9.53 Å². The number of carbonyl (C=O) groups excluding carboxylic acids is 1. The number of nitrogens with one attached hydrogen (secondary N) is 1. The van der Waals surface area contributed by atoms with Crippen molar-refractivity contribution in [3.05, 3.63) is 71.1 Å². The van der Waals surface area contributed by atoms with Gasteiger partial charge in [0, 0.05) is 17.0 Å². The lowest BCUT2D eigenvalue weighted by molar-refractivity contribution is -0.111. The van der Waals surface area contributed by atoms with Gasteiger partial charge in [0.1, 0.15) is 5.75 Å². The largest absolute Gasteiger partial charge is 0.496 e. The first-order valence-corrected chi connectivity index (χ1v) is 9.55. The van der Waals surface area contributed by atoms with E-state index in [4.69, 9.17) is 4.74 Å². The maximum Gasteiger partial charge on any atom is 0.250 e. The number of fused-ring (bicyclic) bond motifs is 1. The number of rotatable bonds is 5. The van der Waals surface area contributed by atoms with Crippen LogP contribution in [-0.4, -0.2) is 27.6 Å². The van der Waals surface area contributed by atoms with E-state index in [0.29, 0.717) is 4.96 Å². The van der Waals surface area contributed by atoms with Gasteiger partial charge in [0.25, 0.3) is 11.9 Å². The van der Waals surface area contributed by atoms with Crippen LogP contribution < -0.4 is 10.1 Å². The van der Waals surface area contributed by atoms with E-state index in [1.165, 1.54) is 23.0 Å². The normalized spacial score (nSPS) is 11.2. The Bertz CT molecular complexity index is 1160. The van der Waals surface area contributed by atoms with E-state index in [-0.39, 0.29) is 11.9 Å². The van der Waals surface area contributed by atoms with Gasteiger partial charge in [-0.2, -0.15) is 4.98 Å². The summed E-state index contributed by atoms with van der Waals surface area (Å²) in [6.07, 6.45) is 3.23. The van der Waals surface area contributed by atoms with Crippen LogP contribution in [0.3, 0.4) is 0 Å². The average molecular weight is 390 g/mol. The molecule has 2 aromatic carbocycles. The lowest BCUT2D eigenvalue weighted by Gasteiger charge is -2.06. The van der Waals surface area contributed by atoms with Crippen molar-refractivity contribution in [1.82, 2.24) is 14.6 Å². The third kappa shape index (κ3) is 3.65. The molecule has 0 atom stereocenters. The van der Waals surface area contributed by atoms with Crippen molar-refractivity contribution in [2.45, 2.75) is 6.92 Å². The lowest BCUT2D eigenvalue weighted by atomic mass is 10.1. The summed E-state index contributed by atoms with van der Waals surface area (Å²) in [5, 5.41) is 9.11. The highest BCUT2D eigenvalue weighted by Crippen LogP contribution is 2.32. The van der Waals surface area contributed by atoms with E-state index in [1.807, 2.05) is 60.8 Å². The number of thiazole rings is 1. The van der Waals surface area contributed by atoms with Crippen LogP contribution in [0.5, 0.6) is 5.75 Å². The third-order valence-corrected chi connectivity index (χ3v) is 5.02. The standard InChI is InChI=1S/C21H18N4O2S/c1-14-7-9-15(10-8-14)11-12-19(26)22-20-23-21-25(24-20)17(13-28-21)16-5-3-4-6-18(16)27-2/h3-13H,1-2H3,(H,22,24,26)/b12-11+. The number of benzene rings is 2. The summed E-state index contributed by atoms with van der Waals surface area (Å²) < 4.78 is 7.15. The molecule has 0 spiro atoms. The minimum atomic E-state index is -0.280. The predicted octanol–water partition coefficient (Wildman–Crippen LogP) is 4.43. The molecule has 0 radical (unpaired) electrons. The van der Waals surface area contributed by atoms with Crippen LogP contribution in [0.15, 0.2) is 60.0 Å². The number of methoxy groups -OCH3 is 1. The second-order valence-electron chi connectivity index (χ2n) is 6.18. The Morgan fingerprint density at radius 3 is 2.75 bits per heavy atom.